The summed E-state index contributed by atoms with van der Waals surface area (Å²) >= 11 is 0. The lowest BCUT2D eigenvalue weighted by Gasteiger charge is -2.19. The maximum absolute atomic E-state index is 8.72. The predicted molar refractivity (Wildman–Crippen MR) is 79.0 cm³/mol. The summed E-state index contributed by atoms with van der Waals surface area (Å²) < 4.78 is 1.90. The molecule has 0 aliphatic carbocycles. The zero-order valence-electron chi connectivity index (χ0n) is 11.7. The third kappa shape index (κ3) is 3.09. The van der Waals surface area contributed by atoms with E-state index in [-0.39, 0.29) is 5.84 Å². The third-order valence-electron chi connectivity index (χ3n) is 3.12. The number of hydrogen-bond acceptors (Lipinski definition) is 4. The number of nitrogens with two attached hydrogens (primary N) is 1. The standard InChI is InChI=1S/C14H19N5O/c1-3-19-10-11(8-16-19)9-18(2)13-6-4-5-12(7-13)14(15)17-20/h4-8,10,20H,3,9H2,1-2H3,(H2,15,17). The van der Waals surface area contributed by atoms with Crippen LogP contribution in [0.15, 0.2) is 41.8 Å². The molecule has 0 saturated heterocycles. The van der Waals surface area contributed by atoms with E-state index in [1.165, 1.54) is 0 Å². The van der Waals surface area contributed by atoms with Gasteiger partial charge < -0.3 is 15.8 Å². The molecule has 0 fully saturated rings. The SMILES string of the molecule is CCn1cc(CN(C)c2cccc(C(N)=NO)c2)cn1. The summed E-state index contributed by atoms with van der Waals surface area (Å²) in [5.74, 6) is 0.110. The zero-order chi connectivity index (χ0) is 14.5. The molecule has 0 spiro atoms. The van der Waals surface area contributed by atoms with Gasteiger partial charge in [0.2, 0.25) is 0 Å². The Bertz CT molecular complexity index is 605. The molecule has 3 N–H and O–H groups in total. The van der Waals surface area contributed by atoms with Crippen LogP contribution in [0.25, 0.3) is 0 Å². The number of aryl methyl sites for hydroxylation is 1. The van der Waals surface area contributed by atoms with Crippen molar-refractivity contribution in [3.8, 4) is 0 Å². The quantitative estimate of drug-likeness (QED) is 0.375. The molecule has 1 heterocycles. The number of aromatic nitrogens is 2. The van der Waals surface area contributed by atoms with Crippen molar-refractivity contribution in [1.29, 1.82) is 0 Å². The van der Waals surface area contributed by atoms with E-state index in [0.717, 1.165) is 24.3 Å². The van der Waals surface area contributed by atoms with Gasteiger partial charge in [0.25, 0.3) is 0 Å². The zero-order valence-corrected chi connectivity index (χ0v) is 11.7. The largest absolute Gasteiger partial charge is 0.409 e. The summed E-state index contributed by atoms with van der Waals surface area (Å²) in [6.07, 6.45) is 3.90. The highest BCUT2D eigenvalue weighted by Crippen LogP contribution is 2.17. The Morgan fingerprint density at radius 1 is 1.50 bits per heavy atom. The fourth-order valence-electron chi connectivity index (χ4n) is 1.99. The Morgan fingerprint density at radius 3 is 2.95 bits per heavy atom. The maximum Gasteiger partial charge on any atom is 0.170 e. The van der Waals surface area contributed by atoms with Crippen molar-refractivity contribution >= 4 is 11.5 Å². The van der Waals surface area contributed by atoms with Gasteiger partial charge in [-0.15, -0.1) is 0 Å². The summed E-state index contributed by atoms with van der Waals surface area (Å²) in [4.78, 5) is 2.09. The molecule has 0 radical (unpaired) electrons. The van der Waals surface area contributed by atoms with Crippen molar-refractivity contribution in [3.63, 3.8) is 0 Å². The van der Waals surface area contributed by atoms with E-state index in [4.69, 9.17) is 10.9 Å². The molecule has 0 amide bonds. The molecule has 106 valence electrons. The molecule has 6 nitrogen and oxygen atoms in total. The van der Waals surface area contributed by atoms with Crippen LogP contribution in [0, 0.1) is 0 Å². The molecule has 1 aromatic carbocycles. The van der Waals surface area contributed by atoms with E-state index in [1.807, 2.05) is 48.4 Å². The first kappa shape index (κ1) is 13.9. The molecule has 0 atom stereocenters. The van der Waals surface area contributed by atoms with Crippen molar-refractivity contribution in [1.82, 2.24) is 9.78 Å². The summed E-state index contributed by atoms with van der Waals surface area (Å²) in [6, 6.07) is 7.56. The maximum atomic E-state index is 8.72. The second kappa shape index (κ2) is 6.10. The normalized spacial score (nSPS) is 11.6. The monoisotopic (exact) mass is 273 g/mol. The van der Waals surface area contributed by atoms with E-state index in [0.29, 0.717) is 5.56 Å². The minimum atomic E-state index is 0.110. The topological polar surface area (TPSA) is 79.7 Å². The first-order chi connectivity index (χ1) is 9.63. The Balaban J connectivity index is 2.14. The minimum absolute atomic E-state index is 0.110. The highest BCUT2D eigenvalue weighted by molar-refractivity contribution is 5.97. The second-order valence-electron chi connectivity index (χ2n) is 4.60. The van der Waals surface area contributed by atoms with Gasteiger partial charge in [0.1, 0.15) is 0 Å². The average molecular weight is 273 g/mol. The van der Waals surface area contributed by atoms with Gasteiger partial charge in [0, 0.05) is 43.1 Å². The summed E-state index contributed by atoms with van der Waals surface area (Å²) in [5, 5.41) is 16.0. The highest BCUT2D eigenvalue weighted by atomic mass is 16.4. The molecule has 2 aromatic rings. The molecule has 0 saturated carbocycles. The van der Waals surface area contributed by atoms with Crippen LogP contribution >= 0.6 is 0 Å². The molecular weight excluding hydrogens is 254 g/mol. The van der Waals surface area contributed by atoms with Gasteiger partial charge in [-0.2, -0.15) is 5.10 Å². The van der Waals surface area contributed by atoms with Crippen LogP contribution in [0.2, 0.25) is 0 Å². The third-order valence-corrected chi connectivity index (χ3v) is 3.12. The fraction of sp³-hybridized carbons (Fsp3) is 0.286. The first-order valence-electron chi connectivity index (χ1n) is 6.44. The van der Waals surface area contributed by atoms with Crippen molar-refractivity contribution in [2.75, 3.05) is 11.9 Å². The summed E-state index contributed by atoms with van der Waals surface area (Å²) in [7, 11) is 1.99. The predicted octanol–water partition coefficient (Wildman–Crippen LogP) is 1.63. The van der Waals surface area contributed by atoms with Gasteiger partial charge in [0.15, 0.2) is 5.84 Å². The van der Waals surface area contributed by atoms with Crippen LogP contribution < -0.4 is 10.6 Å². The van der Waals surface area contributed by atoms with Crippen molar-refractivity contribution in [2.45, 2.75) is 20.0 Å². The number of benzene rings is 1. The number of rotatable bonds is 5. The number of amidine groups is 1. The molecule has 6 heteroatoms. The molecule has 20 heavy (non-hydrogen) atoms. The fourth-order valence-corrected chi connectivity index (χ4v) is 1.99. The van der Waals surface area contributed by atoms with Crippen molar-refractivity contribution < 1.29 is 5.21 Å². The van der Waals surface area contributed by atoms with Crippen LogP contribution in [0.3, 0.4) is 0 Å². The number of oxime groups is 1. The Kier molecular flexibility index (Phi) is 4.24. The van der Waals surface area contributed by atoms with Gasteiger partial charge in [0.05, 0.1) is 6.20 Å². The van der Waals surface area contributed by atoms with Crippen LogP contribution in [-0.4, -0.2) is 27.9 Å². The van der Waals surface area contributed by atoms with Gasteiger partial charge in [-0.3, -0.25) is 4.68 Å². The summed E-state index contributed by atoms with van der Waals surface area (Å²) in [6.45, 7) is 3.67. The second-order valence-corrected chi connectivity index (χ2v) is 4.60. The Labute approximate surface area is 118 Å². The molecule has 0 aliphatic heterocycles. The van der Waals surface area contributed by atoms with Crippen LogP contribution in [0.4, 0.5) is 5.69 Å². The van der Waals surface area contributed by atoms with Gasteiger partial charge in [-0.1, -0.05) is 17.3 Å². The number of nitrogens with zero attached hydrogens (tertiary/aromatic N) is 4. The van der Waals surface area contributed by atoms with E-state index in [1.54, 1.807) is 0 Å². The molecule has 2 rings (SSSR count). The highest BCUT2D eigenvalue weighted by Gasteiger charge is 2.06. The van der Waals surface area contributed by atoms with Gasteiger partial charge in [-0.25, -0.2) is 0 Å². The van der Waals surface area contributed by atoms with Crippen molar-refractivity contribution in [2.24, 2.45) is 10.9 Å². The molecule has 0 bridgehead atoms. The van der Waals surface area contributed by atoms with Crippen LogP contribution in [0.5, 0.6) is 0 Å². The smallest absolute Gasteiger partial charge is 0.170 e. The van der Waals surface area contributed by atoms with E-state index < -0.39 is 0 Å². The van der Waals surface area contributed by atoms with Crippen LogP contribution in [-0.2, 0) is 13.1 Å². The number of hydrogen-bond donors (Lipinski definition) is 2. The minimum Gasteiger partial charge on any atom is -0.409 e. The van der Waals surface area contributed by atoms with E-state index in [9.17, 15) is 0 Å². The Hall–Kier alpha value is -2.50. The van der Waals surface area contributed by atoms with Crippen molar-refractivity contribution in [3.05, 3.63) is 47.8 Å². The lowest BCUT2D eigenvalue weighted by molar-refractivity contribution is 0.318. The number of anilines is 1. The van der Waals surface area contributed by atoms with E-state index >= 15 is 0 Å². The van der Waals surface area contributed by atoms with Gasteiger partial charge >= 0.3 is 0 Å². The lowest BCUT2D eigenvalue weighted by Crippen LogP contribution is -2.18. The summed E-state index contributed by atoms with van der Waals surface area (Å²) in [5.41, 5.74) is 8.44. The molecule has 1 aromatic heterocycles. The molecule has 0 unspecified atom stereocenters. The van der Waals surface area contributed by atoms with Gasteiger partial charge in [-0.05, 0) is 19.1 Å². The van der Waals surface area contributed by atoms with Crippen LogP contribution in [0.1, 0.15) is 18.1 Å². The average Bonchev–Trinajstić information content (AvgIpc) is 2.94. The Morgan fingerprint density at radius 2 is 2.30 bits per heavy atom. The molecular formula is C14H19N5O. The molecule has 0 aliphatic rings. The first-order valence-corrected chi connectivity index (χ1v) is 6.44. The van der Waals surface area contributed by atoms with E-state index in [2.05, 4.69) is 22.1 Å². The lowest BCUT2D eigenvalue weighted by atomic mass is 10.1.